The average molecular weight is 623 g/mol. The lowest BCUT2D eigenvalue weighted by molar-refractivity contribution is -0.172. The van der Waals surface area contributed by atoms with Gasteiger partial charge in [0.05, 0.1) is 12.7 Å². The molecule has 260 valence electrons. The van der Waals surface area contributed by atoms with Gasteiger partial charge >= 0.3 is 0 Å². The Labute approximate surface area is 273 Å². The van der Waals surface area contributed by atoms with Crippen LogP contribution in [0, 0.1) is 52.3 Å². The van der Waals surface area contributed by atoms with E-state index in [0.717, 1.165) is 56.3 Å². The molecule has 4 aliphatic carbocycles. The normalized spacial score (nSPS) is 37.6. The number of carbonyl (C=O) groups is 1. The molecular formula is C37H74N4O3. The van der Waals surface area contributed by atoms with Crippen LogP contribution in [0.3, 0.4) is 0 Å². The average Bonchev–Trinajstić information content (AvgIpc) is 3.45. The van der Waals surface area contributed by atoms with Crippen molar-refractivity contribution in [2.24, 2.45) is 58.0 Å². The maximum Gasteiger partial charge on any atom is 0.123 e. The first-order valence-corrected chi connectivity index (χ1v) is 18.1. The van der Waals surface area contributed by atoms with Crippen molar-refractivity contribution < 1.29 is 14.4 Å². The molecule has 1 heterocycles. The van der Waals surface area contributed by atoms with Gasteiger partial charge in [-0.1, -0.05) is 48.0 Å². The van der Waals surface area contributed by atoms with Gasteiger partial charge in [-0.3, -0.25) is 4.84 Å². The molecule has 3 N–H and O–H groups in total. The van der Waals surface area contributed by atoms with Crippen molar-refractivity contribution in [2.75, 3.05) is 61.5 Å². The van der Waals surface area contributed by atoms with E-state index in [0.29, 0.717) is 41.2 Å². The summed E-state index contributed by atoms with van der Waals surface area (Å²) in [6.07, 6.45) is 14.2. The van der Waals surface area contributed by atoms with Gasteiger partial charge in [0.15, 0.2) is 0 Å². The topological polar surface area (TPSA) is 80.1 Å². The molecule has 5 aliphatic rings. The fourth-order valence-electron chi connectivity index (χ4n) is 9.63. The smallest absolute Gasteiger partial charge is 0.123 e. The molecule has 0 aromatic heterocycles. The number of hydrogen-bond acceptors (Lipinski definition) is 7. The Hall–Kier alpha value is -0.570. The van der Waals surface area contributed by atoms with Gasteiger partial charge in [0.2, 0.25) is 0 Å². The first-order chi connectivity index (χ1) is 20.9. The molecule has 0 bridgehead atoms. The largest absolute Gasteiger partial charge is 0.381 e. The second-order valence-corrected chi connectivity index (χ2v) is 16.3. The Balaban J connectivity index is 0.000000322. The summed E-state index contributed by atoms with van der Waals surface area (Å²) in [7, 11) is 9.67. The minimum atomic E-state index is 0.210. The summed E-state index contributed by atoms with van der Waals surface area (Å²) in [6, 6.07) is 0.518. The molecule has 0 aromatic carbocycles. The number of ether oxygens (including phenoxy) is 1. The zero-order valence-corrected chi connectivity index (χ0v) is 30.9. The summed E-state index contributed by atoms with van der Waals surface area (Å²) in [5.74, 6) is 4.46. The van der Waals surface area contributed by atoms with Crippen LogP contribution in [0.4, 0.5) is 0 Å². The highest BCUT2D eigenvalue weighted by molar-refractivity contribution is 5.53. The monoisotopic (exact) mass is 623 g/mol. The zero-order valence-electron chi connectivity index (χ0n) is 30.9. The van der Waals surface area contributed by atoms with Crippen LogP contribution in [0.25, 0.3) is 0 Å². The number of nitrogens with two attached hydrogens (primary N) is 1. The molecule has 0 radical (unpaired) electrons. The quantitative estimate of drug-likeness (QED) is 0.284. The van der Waals surface area contributed by atoms with Crippen LogP contribution in [0.1, 0.15) is 106 Å². The minimum Gasteiger partial charge on any atom is -0.381 e. The van der Waals surface area contributed by atoms with Crippen LogP contribution in [0.15, 0.2) is 0 Å². The molecule has 4 saturated carbocycles. The number of hydroxylamine groups is 2. The van der Waals surface area contributed by atoms with Crippen LogP contribution < -0.4 is 11.1 Å². The summed E-state index contributed by atoms with van der Waals surface area (Å²) in [5, 5.41) is 5.27. The van der Waals surface area contributed by atoms with E-state index in [-0.39, 0.29) is 5.92 Å². The molecule has 0 spiro atoms. The van der Waals surface area contributed by atoms with E-state index >= 15 is 0 Å². The Morgan fingerprint density at radius 2 is 1.82 bits per heavy atom. The fourth-order valence-corrected chi connectivity index (χ4v) is 9.63. The van der Waals surface area contributed by atoms with E-state index in [2.05, 4.69) is 76.7 Å². The van der Waals surface area contributed by atoms with Gasteiger partial charge in [-0.25, -0.2) is 0 Å². The van der Waals surface area contributed by atoms with Crippen molar-refractivity contribution in [3.63, 3.8) is 0 Å². The first-order valence-electron chi connectivity index (χ1n) is 18.1. The van der Waals surface area contributed by atoms with Crippen molar-refractivity contribution in [2.45, 2.75) is 118 Å². The van der Waals surface area contributed by atoms with Crippen LogP contribution in [0.5, 0.6) is 0 Å². The van der Waals surface area contributed by atoms with Crippen molar-refractivity contribution in [1.29, 1.82) is 0 Å². The van der Waals surface area contributed by atoms with E-state index < -0.39 is 0 Å². The van der Waals surface area contributed by atoms with Gasteiger partial charge in [0.1, 0.15) is 6.29 Å². The van der Waals surface area contributed by atoms with E-state index in [9.17, 15) is 4.79 Å². The lowest BCUT2D eigenvalue weighted by atomic mass is 9.38. The molecule has 5 fully saturated rings. The fraction of sp³-hybridized carbons (Fsp3) is 0.973. The van der Waals surface area contributed by atoms with Crippen molar-refractivity contribution in [3.05, 3.63) is 0 Å². The second-order valence-electron chi connectivity index (χ2n) is 16.3. The highest BCUT2D eigenvalue weighted by atomic mass is 16.7. The molecular weight excluding hydrogens is 548 g/mol. The number of carbonyl (C=O) groups excluding carboxylic acids is 1. The Morgan fingerprint density at radius 3 is 2.20 bits per heavy atom. The standard InChI is InChI=1S/C22H40N2O3.C9H16.C5H13N.CH5N/c1-5-16-12-24(27-15-16)13-18-7-6-8-21(22(18)26-4)19-9-17(14-25)10-20(11-19)23(2)3;1-8(2)6-9(3)5-4-7(8)9;1-5(2)4-6-3;1-2/h14,16-22H,5-13,15H2,1-4H3;7H,4-6H2,1-3H3;5-6H,4H2,1-3H3;2H2,1H3/t;7?,9-;;/m.0../s1. The first kappa shape index (κ1) is 39.6. The molecule has 0 aromatic rings. The van der Waals surface area contributed by atoms with Crippen molar-refractivity contribution in [3.8, 4) is 0 Å². The van der Waals surface area contributed by atoms with Crippen molar-refractivity contribution >= 4 is 6.29 Å². The van der Waals surface area contributed by atoms with Crippen molar-refractivity contribution in [1.82, 2.24) is 15.3 Å². The number of rotatable bonds is 9. The van der Waals surface area contributed by atoms with E-state index in [4.69, 9.17) is 9.57 Å². The van der Waals surface area contributed by atoms with Gasteiger partial charge in [-0.05, 0) is 133 Å². The van der Waals surface area contributed by atoms with Crippen LogP contribution in [-0.2, 0) is 14.4 Å². The number of hydrogen-bond donors (Lipinski definition) is 2. The van der Waals surface area contributed by atoms with Crippen LogP contribution in [-0.4, -0.2) is 89.9 Å². The van der Waals surface area contributed by atoms with E-state index in [1.165, 1.54) is 64.7 Å². The maximum absolute atomic E-state index is 11.6. The van der Waals surface area contributed by atoms with E-state index in [1.54, 1.807) is 0 Å². The zero-order chi connectivity index (χ0) is 33.1. The minimum absolute atomic E-state index is 0.210. The SMILES string of the molecule is CC1(C)C[C@]2(C)CCC12.CCC1CON(CC2CCCC(C3CC(C=O)CC(N(C)C)C3)C2OC)C1.CN.CNCC(C)C. The third-order valence-electron chi connectivity index (χ3n) is 11.8. The third-order valence-corrected chi connectivity index (χ3v) is 11.8. The Bertz CT molecular complexity index is 798. The lowest BCUT2D eigenvalue weighted by Crippen LogP contribution is -2.58. The second kappa shape index (κ2) is 18.7. The highest BCUT2D eigenvalue weighted by Gasteiger charge is 2.60. The number of aldehydes is 1. The molecule has 8 unspecified atom stereocenters. The lowest BCUT2D eigenvalue weighted by Gasteiger charge is -2.67. The molecule has 1 saturated heterocycles. The van der Waals surface area contributed by atoms with Gasteiger partial charge in [0, 0.05) is 38.1 Å². The maximum atomic E-state index is 11.6. The van der Waals surface area contributed by atoms with Crippen LogP contribution >= 0.6 is 0 Å². The number of nitrogens with zero attached hydrogens (tertiary/aromatic N) is 2. The number of nitrogens with one attached hydrogen (secondary N) is 1. The van der Waals surface area contributed by atoms with Gasteiger partial charge in [-0.15, -0.1) is 0 Å². The molecule has 7 heteroatoms. The summed E-state index contributed by atoms with van der Waals surface area (Å²) in [4.78, 5) is 19.8. The predicted molar refractivity (Wildman–Crippen MR) is 185 cm³/mol. The summed E-state index contributed by atoms with van der Waals surface area (Å²) in [6.45, 7) is 18.0. The Kier molecular flexibility index (Phi) is 16.8. The summed E-state index contributed by atoms with van der Waals surface area (Å²) >= 11 is 0. The molecule has 9 atom stereocenters. The summed E-state index contributed by atoms with van der Waals surface area (Å²) < 4.78 is 6.11. The third kappa shape index (κ3) is 10.7. The van der Waals surface area contributed by atoms with Crippen LogP contribution in [0.2, 0.25) is 0 Å². The molecule has 44 heavy (non-hydrogen) atoms. The molecule has 5 rings (SSSR count). The molecule has 0 amide bonds. The Morgan fingerprint density at radius 1 is 1.11 bits per heavy atom. The summed E-state index contributed by atoms with van der Waals surface area (Å²) in [5.41, 5.74) is 6.00. The predicted octanol–water partition coefficient (Wildman–Crippen LogP) is 6.51. The van der Waals surface area contributed by atoms with E-state index in [1.807, 2.05) is 14.2 Å². The molecule has 1 aliphatic heterocycles. The number of fused-ring (bicyclic) bond motifs is 1. The number of methoxy groups -OCH3 is 1. The van der Waals surface area contributed by atoms with Gasteiger partial charge < -0.3 is 25.5 Å². The molecule has 7 nitrogen and oxygen atoms in total. The highest BCUT2D eigenvalue weighted by Crippen LogP contribution is 2.69. The van der Waals surface area contributed by atoms with Gasteiger partial charge in [-0.2, -0.15) is 5.06 Å². The van der Waals surface area contributed by atoms with Gasteiger partial charge in [0.25, 0.3) is 0 Å².